The summed E-state index contributed by atoms with van der Waals surface area (Å²) in [6.07, 6.45) is 1.49. The standard InChI is InChI=1S/C10H14FN3O4/c1-10(2)17-7(5-11)8(18-10)6-13-4-3-12-9(13)14(15)16/h3-4,7-8H,5-6H2,1-2H3/t7-,8-/m1/s1/i11-1. The van der Waals surface area contributed by atoms with Crippen LogP contribution in [0.15, 0.2) is 12.4 Å². The monoisotopic (exact) mass is 258 g/mol. The smallest absolute Gasteiger partial charge is 0.390 e. The molecular formula is C10H14FN3O4. The van der Waals surface area contributed by atoms with Gasteiger partial charge in [-0.2, -0.15) is 0 Å². The summed E-state index contributed by atoms with van der Waals surface area (Å²) in [6.45, 7) is 2.79. The van der Waals surface area contributed by atoms with Crippen LogP contribution in [0.25, 0.3) is 0 Å². The zero-order valence-electron chi connectivity index (χ0n) is 10.1. The summed E-state index contributed by atoms with van der Waals surface area (Å²) in [5.41, 5.74) is 0. The molecule has 0 aliphatic carbocycles. The van der Waals surface area contributed by atoms with Crippen LogP contribution in [0.4, 0.5) is 10.3 Å². The first-order valence-electron chi connectivity index (χ1n) is 5.50. The van der Waals surface area contributed by atoms with Crippen molar-refractivity contribution in [1.82, 2.24) is 9.55 Å². The van der Waals surface area contributed by atoms with Gasteiger partial charge >= 0.3 is 5.95 Å². The molecule has 8 heteroatoms. The maximum absolute atomic E-state index is 12.8. The third kappa shape index (κ3) is 2.49. The Bertz CT molecular complexity index is 448. The van der Waals surface area contributed by atoms with E-state index in [1.165, 1.54) is 17.0 Å². The summed E-state index contributed by atoms with van der Waals surface area (Å²) in [4.78, 5) is 13.7. The molecule has 1 aromatic heterocycles. The lowest BCUT2D eigenvalue weighted by atomic mass is 10.2. The predicted molar refractivity (Wildman–Crippen MR) is 58.7 cm³/mol. The highest BCUT2D eigenvalue weighted by molar-refractivity contribution is 5.07. The van der Waals surface area contributed by atoms with Crippen LogP contribution in [0.3, 0.4) is 0 Å². The van der Waals surface area contributed by atoms with Crippen LogP contribution >= 0.6 is 0 Å². The molecule has 0 N–H and O–H groups in total. The third-order valence-electron chi connectivity index (χ3n) is 2.67. The number of hydrogen-bond acceptors (Lipinski definition) is 5. The summed E-state index contributed by atoms with van der Waals surface area (Å²) in [5.74, 6) is -1.17. The van der Waals surface area contributed by atoms with Crippen molar-refractivity contribution in [2.24, 2.45) is 0 Å². The van der Waals surface area contributed by atoms with Gasteiger partial charge in [0, 0.05) is 0 Å². The minimum atomic E-state index is -0.878. The molecule has 1 aliphatic rings. The van der Waals surface area contributed by atoms with Crippen molar-refractivity contribution in [2.75, 3.05) is 6.67 Å². The minimum absolute atomic E-state index is 0.133. The normalized spacial score (nSPS) is 26.4. The number of rotatable bonds is 4. The number of hydrogen-bond donors (Lipinski definition) is 0. The lowest BCUT2D eigenvalue weighted by Gasteiger charge is -2.16. The number of alkyl halides is 1. The second-order valence-electron chi connectivity index (χ2n) is 4.50. The van der Waals surface area contributed by atoms with Crippen LogP contribution in [-0.2, 0) is 16.0 Å². The van der Waals surface area contributed by atoms with Crippen molar-refractivity contribution in [3.63, 3.8) is 0 Å². The highest BCUT2D eigenvalue weighted by Gasteiger charge is 2.42. The fourth-order valence-corrected chi connectivity index (χ4v) is 2.00. The Hall–Kier alpha value is -1.54. The van der Waals surface area contributed by atoms with E-state index in [0.717, 1.165) is 0 Å². The van der Waals surface area contributed by atoms with E-state index < -0.39 is 29.6 Å². The van der Waals surface area contributed by atoms with E-state index >= 15 is 0 Å². The molecule has 0 bridgehead atoms. The molecule has 100 valence electrons. The molecule has 2 atom stereocenters. The molecule has 1 fully saturated rings. The Balaban J connectivity index is 2.13. The molecular weight excluding hydrogens is 244 g/mol. The Morgan fingerprint density at radius 1 is 1.56 bits per heavy atom. The fourth-order valence-electron chi connectivity index (χ4n) is 2.00. The van der Waals surface area contributed by atoms with Gasteiger partial charge in [-0.3, -0.25) is 0 Å². The van der Waals surface area contributed by atoms with Crippen LogP contribution in [0.1, 0.15) is 13.8 Å². The van der Waals surface area contributed by atoms with Gasteiger partial charge < -0.3 is 19.6 Å². The number of imidazole rings is 1. The molecule has 7 nitrogen and oxygen atoms in total. The number of aromatic nitrogens is 2. The lowest BCUT2D eigenvalue weighted by Crippen LogP contribution is -2.29. The molecule has 1 aliphatic heterocycles. The van der Waals surface area contributed by atoms with Crippen molar-refractivity contribution < 1.29 is 18.8 Å². The van der Waals surface area contributed by atoms with Crippen molar-refractivity contribution >= 4 is 5.95 Å². The van der Waals surface area contributed by atoms with E-state index in [0.29, 0.717) is 0 Å². The summed E-state index contributed by atoms with van der Waals surface area (Å²) < 4.78 is 25.0. The predicted octanol–water partition coefficient (Wildman–Crippen LogP) is 1.28. The van der Waals surface area contributed by atoms with Gasteiger partial charge in [-0.25, -0.2) is 8.96 Å². The molecule has 0 saturated carbocycles. The van der Waals surface area contributed by atoms with E-state index in [4.69, 9.17) is 9.47 Å². The molecule has 18 heavy (non-hydrogen) atoms. The zero-order valence-corrected chi connectivity index (χ0v) is 10.1. The number of nitro groups is 1. The highest BCUT2D eigenvalue weighted by atomic mass is 18.2. The first-order valence-corrected chi connectivity index (χ1v) is 5.50. The van der Waals surface area contributed by atoms with Crippen LogP contribution in [0, 0.1) is 10.1 Å². The van der Waals surface area contributed by atoms with E-state index in [1.807, 2.05) is 0 Å². The van der Waals surface area contributed by atoms with Crippen LogP contribution in [0.2, 0.25) is 0 Å². The Morgan fingerprint density at radius 2 is 2.22 bits per heavy atom. The van der Waals surface area contributed by atoms with E-state index in [1.54, 1.807) is 13.8 Å². The van der Waals surface area contributed by atoms with Gasteiger partial charge in [-0.15, -0.1) is 0 Å². The maximum atomic E-state index is 12.8. The number of halogens is 1. The Kier molecular flexibility index (Phi) is 3.31. The first-order chi connectivity index (χ1) is 8.43. The molecule has 2 rings (SSSR count). The van der Waals surface area contributed by atoms with Crippen molar-refractivity contribution in [1.29, 1.82) is 0 Å². The summed E-state index contributed by atoms with van der Waals surface area (Å²) in [6, 6.07) is 0. The summed E-state index contributed by atoms with van der Waals surface area (Å²) >= 11 is 0. The first kappa shape index (κ1) is 12.9. The third-order valence-corrected chi connectivity index (χ3v) is 2.67. The SMILES string of the molecule is CC1(C)O[C@H](C[18F])[C@@H](Cn2ccnc2[N+](=O)[O-])O1. The maximum Gasteiger partial charge on any atom is 0.434 e. The molecule has 0 spiro atoms. The van der Waals surface area contributed by atoms with Gasteiger partial charge in [-0.05, 0) is 18.8 Å². The lowest BCUT2D eigenvalue weighted by molar-refractivity contribution is -0.397. The quantitative estimate of drug-likeness (QED) is 0.600. The van der Waals surface area contributed by atoms with Crippen molar-refractivity contribution in [2.45, 2.75) is 38.4 Å². The van der Waals surface area contributed by atoms with Crippen LogP contribution in [0.5, 0.6) is 0 Å². The van der Waals surface area contributed by atoms with Gasteiger partial charge in [0.2, 0.25) is 0 Å². The Morgan fingerprint density at radius 3 is 2.83 bits per heavy atom. The van der Waals surface area contributed by atoms with E-state index in [-0.39, 0.29) is 12.5 Å². The molecule has 1 aromatic rings. The molecule has 0 radical (unpaired) electrons. The van der Waals surface area contributed by atoms with Gasteiger partial charge in [0.1, 0.15) is 37.8 Å². The average Bonchev–Trinajstić information content (AvgIpc) is 2.83. The summed E-state index contributed by atoms with van der Waals surface area (Å²) in [5, 5.41) is 10.7. The number of nitrogens with zero attached hydrogens (tertiary/aromatic N) is 3. The van der Waals surface area contributed by atoms with Crippen LogP contribution < -0.4 is 0 Å². The number of ether oxygens (including phenoxy) is 2. The van der Waals surface area contributed by atoms with Crippen molar-refractivity contribution in [3.8, 4) is 0 Å². The second kappa shape index (κ2) is 4.62. The van der Waals surface area contributed by atoms with Gasteiger partial charge in [0.15, 0.2) is 5.79 Å². The topological polar surface area (TPSA) is 79.4 Å². The van der Waals surface area contributed by atoms with Gasteiger partial charge in [0.05, 0.1) is 0 Å². The molecule has 2 heterocycles. The van der Waals surface area contributed by atoms with E-state index in [2.05, 4.69) is 4.98 Å². The minimum Gasteiger partial charge on any atom is -0.390 e. The summed E-state index contributed by atoms with van der Waals surface area (Å²) in [7, 11) is 0. The second-order valence-corrected chi connectivity index (χ2v) is 4.50. The molecule has 0 aromatic carbocycles. The molecule has 0 unspecified atom stereocenters. The van der Waals surface area contributed by atoms with Crippen molar-refractivity contribution in [3.05, 3.63) is 22.5 Å². The van der Waals surface area contributed by atoms with Gasteiger partial charge in [0.25, 0.3) is 0 Å². The van der Waals surface area contributed by atoms with Gasteiger partial charge in [-0.1, -0.05) is 4.98 Å². The van der Waals surface area contributed by atoms with E-state index in [9.17, 15) is 14.5 Å². The van der Waals surface area contributed by atoms with Crippen LogP contribution in [-0.4, -0.2) is 39.1 Å². The largest absolute Gasteiger partial charge is 0.434 e. The molecule has 0 amide bonds. The fraction of sp³-hybridized carbons (Fsp3) is 0.700. The molecule has 1 saturated heterocycles. The Labute approximate surface area is 103 Å². The highest BCUT2D eigenvalue weighted by Crippen LogP contribution is 2.29. The zero-order chi connectivity index (χ0) is 13.3. The average molecular weight is 258 g/mol.